The molecular formula is C15H22O3. The number of carbonyl (C=O) groups is 1. The molecule has 4 rings (SSSR count). The van der Waals surface area contributed by atoms with Crippen LogP contribution in [0.5, 0.6) is 0 Å². The van der Waals surface area contributed by atoms with Crippen molar-refractivity contribution in [1.82, 2.24) is 0 Å². The van der Waals surface area contributed by atoms with Gasteiger partial charge in [0, 0.05) is 5.41 Å². The number of ether oxygens (including phenoxy) is 1. The van der Waals surface area contributed by atoms with Gasteiger partial charge in [-0.15, -0.1) is 0 Å². The summed E-state index contributed by atoms with van der Waals surface area (Å²) in [5.41, 5.74) is -0.0972. The molecule has 4 fully saturated rings. The molecule has 4 bridgehead atoms. The van der Waals surface area contributed by atoms with E-state index in [1.807, 2.05) is 13.8 Å². The molecule has 4 aliphatic carbocycles. The Balaban J connectivity index is 1.79. The molecule has 0 saturated heterocycles. The highest BCUT2D eigenvalue weighted by atomic mass is 16.6. The normalized spacial score (nSPS) is 40.5. The summed E-state index contributed by atoms with van der Waals surface area (Å²) in [6.07, 6.45) is 5.08. The van der Waals surface area contributed by atoms with E-state index >= 15 is 0 Å². The Morgan fingerprint density at radius 1 is 1.39 bits per heavy atom. The van der Waals surface area contributed by atoms with Gasteiger partial charge < -0.3 is 9.84 Å². The summed E-state index contributed by atoms with van der Waals surface area (Å²) in [5.74, 6) is 2.03. The van der Waals surface area contributed by atoms with Gasteiger partial charge in [0.2, 0.25) is 0 Å². The smallest absolute Gasteiger partial charge is 0.336 e. The predicted octanol–water partition coefficient (Wildman–Crippen LogP) is 2.29. The molecule has 0 aromatic carbocycles. The van der Waals surface area contributed by atoms with Gasteiger partial charge in [-0.2, -0.15) is 0 Å². The highest BCUT2D eigenvalue weighted by Crippen LogP contribution is 2.73. The summed E-state index contributed by atoms with van der Waals surface area (Å²) in [4.78, 5) is 11.9. The molecular weight excluding hydrogens is 228 g/mol. The third-order valence-corrected chi connectivity index (χ3v) is 5.90. The van der Waals surface area contributed by atoms with Crippen molar-refractivity contribution in [3.63, 3.8) is 0 Å². The highest BCUT2D eigenvalue weighted by molar-refractivity contribution is 5.88. The first-order valence-electron chi connectivity index (χ1n) is 6.91. The van der Waals surface area contributed by atoms with Gasteiger partial charge in [-0.05, 0) is 57.3 Å². The van der Waals surface area contributed by atoms with Crippen molar-refractivity contribution in [2.45, 2.75) is 45.1 Å². The maximum absolute atomic E-state index is 11.9. The van der Waals surface area contributed by atoms with Gasteiger partial charge in [-0.1, -0.05) is 6.58 Å². The van der Waals surface area contributed by atoms with Crippen LogP contribution in [-0.2, 0) is 9.53 Å². The third-order valence-electron chi connectivity index (χ3n) is 5.90. The fourth-order valence-corrected chi connectivity index (χ4v) is 4.97. The lowest BCUT2D eigenvalue weighted by atomic mass is 9.68. The number of rotatable bonds is 4. The second kappa shape index (κ2) is 3.60. The molecule has 0 aliphatic heterocycles. The fraction of sp³-hybridized carbons (Fsp3) is 0.800. The lowest BCUT2D eigenvalue weighted by Gasteiger charge is -2.44. The molecule has 3 nitrogen and oxygen atoms in total. The topological polar surface area (TPSA) is 46.5 Å². The predicted molar refractivity (Wildman–Crippen MR) is 67.8 cm³/mol. The third kappa shape index (κ3) is 1.37. The van der Waals surface area contributed by atoms with Crippen LogP contribution in [0.1, 0.15) is 39.5 Å². The maximum atomic E-state index is 11.9. The highest BCUT2D eigenvalue weighted by Gasteiger charge is 2.69. The summed E-state index contributed by atoms with van der Waals surface area (Å²) in [7, 11) is 0. The van der Waals surface area contributed by atoms with Gasteiger partial charge in [-0.25, -0.2) is 4.79 Å². The van der Waals surface area contributed by atoms with E-state index in [0.717, 1.165) is 17.8 Å². The molecule has 2 atom stereocenters. The second-order valence-electron chi connectivity index (χ2n) is 6.91. The van der Waals surface area contributed by atoms with E-state index in [1.54, 1.807) is 0 Å². The molecule has 0 spiro atoms. The Hall–Kier alpha value is -0.830. The number of hydrogen-bond donors (Lipinski definition) is 1. The van der Waals surface area contributed by atoms with Crippen LogP contribution in [0.25, 0.3) is 0 Å². The van der Waals surface area contributed by atoms with Gasteiger partial charge >= 0.3 is 5.97 Å². The minimum absolute atomic E-state index is 0.152. The van der Waals surface area contributed by atoms with E-state index in [4.69, 9.17) is 9.84 Å². The number of esters is 1. The largest absolute Gasteiger partial charge is 0.456 e. The first-order chi connectivity index (χ1) is 8.39. The summed E-state index contributed by atoms with van der Waals surface area (Å²) in [6, 6.07) is 0. The number of hydrogen-bond acceptors (Lipinski definition) is 3. The molecule has 4 aliphatic rings. The Labute approximate surface area is 108 Å². The van der Waals surface area contributed by atoms with E-state index in [9.17, 15) is 4.79 Å². The van der Waals surface area contributed by atoms with Gasteiger partial charge in [0.15, 0.2) is 0 Å². The van der Waals surface area contributed by atoms with Crippen molar-refractivity contribution < 1.29 is 14.6 Å². The van der Waals surface area contributed by atoms with Gasteiger partial charge in [0.1, 0.15) is 5.60 Å². The lowest BCUT2D eigenvalue weighted by molar-refractivity contribution is -0.168. The molecule has 100 valence electrons. The molecule has 2 unspecified atom stereocenters. The zero-order valence-corrected chi connectivity index (χ0v) is 11.2. The van der Waals surface area contributed by atoms with Crippen LogP contribution in [0.2, 0.25) is 0 Å². The first kappa shape index (κ1) is 12.2. The van der Waals surface area contributed by atoms with Crippen LogP contribution < -0.4 is 0 Å². The quantitative estimate of drug-likeness (QED) is 0.615. The van der Waals surface area contributed by atoms with Gasteiger partial charge in [0.05, 0.1) is 12.2 Å². The molecule has 3 heteroatoms. The van der Waals surface area contributed by atoms with E-state index < -0.39 is 11.6 Å². The second-order valence-corrected chi connectivity index (χ2v) is 6.91. The van der Waals surface area contributed by atoms with Crippen LogP contribution in [0, 0.1) is 23.2 Å². The fourth-order valence-electron chi connectivity index (χ4n) is 4.97. The zero-order chi connectivity index (χ0) is 13.1. The summed E-state index contributed by atoms with van der Waals surface area (Å²) in [6.45, 7) is 7.31. The van der Waals surface area contributed by atoms with Crippen molar-refractivity contribution in [1.29, 1.82) is 0 Å². The molecule has 0 radical (unpaired) electrons. The van der Waals surface area contributed by atoms with Crippen molar-refractivity contribution in [3.05, 3.63) is 12.2 Å². The summed E-state index contributed by atoms with van der Waals surface area (Å²) >= 11 is 0. The first-order valence-corrected chi connectivity index (χ1v) is 6.91. The minimum Gasteiger partial charge on any atom is -0.456 e. The summed E-state index contributed by atoms with van der Waals surface area (Å²) < 4.78 is 5.69. The molecule has 0 amide bonds. The van der Waals surface area contributed by atoms with Crippen LogP contribution >= 0.6 is 0 Å². The monoisotopic (exact) mass is 250 g/mol. The Morgan fingerprint density at radius 3 is 2.33 bits per heavy atom. The molecule has 0 aromatic heterocycles. The lowest BCUT2D eigenvalue weighted by Crippen LogP contribution is -2.47. The standard InChI is InChI=1S/C15H22O3/c1-9(8-16)13(17)18-14(2,3)15-6-10-4-12(15)5-11(10)7-15/h10-12,16H,1,4-8H2,2-3H3. The molecule has 18 heavy (non-hydrogen) atoms. The van der Waals surface area contributed by atoms with Crippen molar-refractivity contribution in [3.8, 4) is 0 Å². The minimum atomic E-state index is -0.440. The van der Waals surface area contributed by atoms with Crippen LogP contribution in [0.3, 0.4) is 0 Å². The number of aliphatic hydroxyl groups is 1. The van der Waals surface area contributed by atoms with Crippen LogP contribution in [0.15, 0.2) is 12.2 Å². The van der Waals surface area contributed by atoms with Crippen molar-refractivity contribution >= 4 is 5.97 Å². The molecule has 1 N–H and O–H groups in total. The maximum Gasteiger partial charge on any atom is 0.336 e. The van der Waals surface area contributed by atoms with Crippen molar-refractivity contribution in [2.75, 3.05) is 6.61 Å². The Bertz CT molecular complexity index is 396. The zero-order valence-electron chi connectivity index (χ0n) is 11.2. The Morgan fingerprint density at radius 2 is 1.94 bits per heavy atom. The SMILES string of the molecule is C=C(CO)C(=O)OC(C)(C)C12CC3CC1CC3C2. The Kier molecular flexibility index (Phi) is 2.44. The summed E-state index contributed by atoms with van der Waals surface area (Å²) in [5, 5.41) is 8.96. The number of aliphatic hydroxyl groups excluding tert-OH is 1. The van der Waals surface area contributed by atoms with E-state index in [2.05, 4.69) is 6.58 Å². The van der Waals surface area contributed by atoms with Gasteiger partial charge in [-0.3, -0.25) is 0 Å². The van der Waals surface area contributed by atoms with E-state index in [0.29, 0.717) is 0 Å². The van der Waals surface area contributed by atoms with Crippen LogP contribution in [0.4, 0.5) is 0 Å². The number of carbonyl (C=O) groups excluding carboxylic acids is 1. The van der Waals surface area contributed by atoms with Gasteiger partial charge in [0.25, 0.3) is 0 Å². The van der Waals surface area contributed by atoms with Crippen molar-refractivity contribution in [2.24, 2.45) is 23.2 Å². The molecule has 0 aromatic rings. The average molecular weight is 250 g/mol. The average Bonchev–Trinajstić information content (AvgIpc) is 2.99. The molecule has 4 saturated carbocycles. The van der Waals surface area contributed by atoms with E-state index in [1.165, 1.54) is 25.7 Å². The molecule has 0 heterocycles. The van der Waals surface area contributed by atoms with Crippen LogP contribution in [-0.4, -0.2) is 23.3 Å². The van der Waals surface area contributed by atoms with E-state index in [-0.39, 0.29) is 17.6 Å².